The van der Waals surface area contributed by atoms with E-state index in [1.807, 2.05) is 11.7 Å². The molecule has 0 N–H and O–H groups in total. The lowest BCUT2D eigenvalue weighted by atomic mass is 9.89. The number of likely N-dealkylation sites (tertiary alicyclic amines) is 1. The van der Waals surface area contributed by atoms with Gasteiger partial charge in [-0.05, 0) is 37.5 Å². The van der Waals surface area contributed by atoms with Crippen molar-refractivity contribution in [3.63, 3.8) is 0 Å². The zero-order valence-corrected chi connectivity index (χ0v) is 12.8. The molecular weight excluding hydrogens is 256 g/mol. The molecule has 1 fully saturated rings. The largest absolute Gasteiger partial charge is 0.343 e. The van der Waals surface area contributed by atoms with Crippen LogP contribution in [0.15, 0.2) is 11.7 Å². The SMILES string of the molecule is CC(C)C1CCCN(C(=O)CCc2cncs2)CC1. The fourth-order valence-corrected chi connectivity index (χ4v) is 3.39. The lowest BCUT2D eigenvalue weighted by Gasteiger charge is -2.21. The van der Waals surface area contributed by atoms with Gasteiger partial charge in [0.25, 0.3) is 0 Å². The second-order valence-electron chi connectivity index (χ2n) is 5.78. The highest BCUT2D eigenvalue weighted by atomic mass is 32.1. The van der Waals surface area contributed by atoms with Gasteiger partial charge in [0.2, 0.25) is 5.91 Å². The molecule has 1 aliphatic rings. The van der Waals surface area contributed by atoms with E-state index in [0.717, 1.165) is 37.8 Å². The van der Waals surface area contributed by atoms with E-state index in [4.69, 9.17) is 0 Å². The predicted molar refractivity (Wildman–Crippen MR) is 79.2 cm³/mol. The minimum absolute atomic E-state index is 0.317. The van der Waals surface area contributed by atoms with Crippen molar-refractivity contribution in [2.75, 3.05) is 13.1 Å². The summed E-state index contributed by atoms with van der Waals surface area (Å²) in [4.78, 5) is 19.6. The summed E-state index contributed by atoms with van der Waals surface area (Å²) in [6.45, 7) is 6.49. The summed E-state index contributed by atoms with van der Waals surface area (Å²) in [6.07, 6.45) is 6.95. The molecule has 1 amide bonds. The van der Waals surface area contributed by atoms with Crippen molar-refractivity contribution in [2.45, 2.75) is 46.0 Å². The number of hydrogen-bond acceptors (Lipinski definition) is 3. The topological polar surface area (TPSA) is 33.2 Å². The highest BCUT2D eigenvalue weighted by Gasteiger charge is 2.22. The third-order valence-electron chi connectivity index (χ3n) is 4.14. The summed E-state index contributed by atoms with van der Waals surface area (Å²) in [5.74, 6) is 1.85. The van der Waals surface area contributed by atoms with E-state index in [-0.39, 0.29) is 0 Å². The van der Waals surface area contributed by atoms with E-state index in [2.05, 4.69) is 23.7 Å². The number of carbonyl (C=O) groups is 1. The molecule has 0 radical (unpaired) electrons. The zero-order chi connectivity index (χ0) is 13.7. The summed E-state index contributed by atoms with van der Waals surface area (Å²) < 4.78 is 0. The Morgan fingerprint density at radius 2 is 2.32 bits per heavy atom. The number of carbonyl (C=O) groups excluding carboxylic acids is 1. The first-order valence-electron chi connectivity index (χ1n) is 7.32. The highest BCUT2D eigenvalue weighted by molar-refractivity contribution is 7.09. The summed E-state index contributed by atoms with van der Waals surface area (Å²) in [7, 11) is 0. The van der Waals surface area contributed by atoms with Crippen LogP contribution in [-0.4, -0.2) is 28.9 Å². The van der Waals surface area contributed by atoms with Crippen LogP contribution < -0.4 is 0 Å². The van der Waals surface area contributed by atoms with E-state index in [9.17, 15) is 4.79 Å². The summed E-state index contributed by atoms with van der Waals surface area (Å²) in [6, 6.07) is 0. The molecule has 3 nitrogen and oxygen atoms in total. The molecule has 2 heterocycles. The Morgan fingerprint density at radius 1 is 1.47 bits per heavy atom. The fraction of sp³-hybridized carbons (Fsp3) is 0.733. The molecule has 1 aromatic heterocycles. The quantitative estimate of drug-likeness (QED) is 0.847. The van der Waals surface area contributed by atoms with Gasteiger partial charge in [-0.3, -0.25) is 9.78 Å². The van der Waals surface area contributed by atoms with Crippen molar-refractivity contribution in [3.05, 3.63) is 16.6 Å². The fourth-order valence-electron chi connectivity index (χ4n) is 2.79. The Hall–Kier alpha value is -0.900. The number of aryl methyl sites for hydroxylation is 1. The maximum Gasteiger partial charge on any atom is 0.222 e. The smallest absolute Gasteiger partial charge is 0.222 e. The van der Waals surface area contributed by atoms with Crippen LogP contribution in [0.1, 0.15) is 44.4 Å². The Bertz CT molecular complexity index is 389. The minimum Gasteiger partial charge on any atom is -0.343 e. The van der Waals surface area contributed by atoms with Crippen molar-refractivity contribution in [2.24, 2.45) is 11.8 Å². The van der Waals surface area contributed by atoms with E-state index in [1.54, 1.807) is 11.3 Å². The van der Waals surface area contributed by atoms with Gasteiger partial charge in [-0.15, -0.1) is 11.3 Å². The zero-order valence-electron chi connectivity index (χ0n) is 12.0. The Morgan fingerprint density at radius 3 is 3.00 bits per heavy atom. The monoisotopic (exact) mass is 280 g/mol. The molecule has 0 aromatic carbocycles. The van der Waals surface area contributed by atoms with Crippen LogP contribution in [0.25, 0.3) is 0 Å². The maximum atomic E-state index is 12.2. The van der Waals surface area contributed by atoms with Crippen molar-refractivity contribution in [1.29, 1.82) is 0 Å². The van der Waals surface area contributed by atoms with Gasteiger partial charge in [0.15, 0.2) is 0 Å². The molecule has 106 valence electrons. The molecule has 1 atom stereocenters. The van der Waals surface area contributed by atoms with Crippen LogP contribution >= 0.6 is 11.3 Å². The first-order chi connectivity index (χ1) is 9.16. The third kappa shape index (κ3) is 4.30. The van der Waals surface area contributed by atoms with Gasteiger partial charge >= 0.3 is 0 Å². The normalized spacial score (nSPS) is 20.6. The number of rotatable bonds is 4. The Balaban J connectivity index is 1.79. The maximum absolute atomic E-state index is 12.2. The Labute approximate surface area is 120 Å². The molecular formula is C15H24N2OS. The Kier molecular flexibility index (Phi) is 5.37. The lowest BCUT2D eigenvalue weighted by molar-refractivity contribution is -0.131. The van der Waals surface area contributed by atoms with Crippen molar-refractivity contribution in [1.82, 2.24) is 9.88 Å². The number of amides is 1. The van der Waals surface area contributed by atoms with Crippen LogP contribution in [0.3, 0.4) is 0 Å². The second kappa shape index (κ2) is 7.04. The second-order valence-corrected chi connectivity index (χ2v) is 6.75. The lowest BCUT2D eigenvalue weighted by Crippen LogP contribution is -2.32. The number of thiazole rings is 1. The van der Waals surface area contributed by atoms with E-state index < -0.39 is 0 Å². The molecule has 1 unspecified atom stereocenters. The molecule has 2 rings (SSSR count). The number of aromatic nitrogens is 1. The average molecular weight is 280 g/mol. The van der Waals surface area contributed by atoms with Crippen LogP contribution in [0.4, 0.5) is 0 Å². The molecule has 1 saturated heterocycles. The minimum atomic E-state index is 0.317. The molecule has 0 bridgehead atoms. The van der Waals surface area contributed by atoms with E-state index >= 15 is 0 Å². The van der Waals surface area contributed by atoms with E-state index in [1.165, 1.54) is 17.7 Å². The van der Waals surface area contributed by atoms with E-state index in [0.29, 0.717) is 12.3 Å². The molecule has 4 heteroatoms. The van der Waals surface area contributed by atoms with Gasteiger partial charge in [0.05, 0.1) is 5.51 Å². The first kappa shape index (κ1) is 14.5. The molecule has 0 spiro atoms. The van der Waals surface area contributed by atoms with Gasteiger partial charge in [0.1, 0.15) is 0 Å². The standard InChI is InChI=1S/C15H24N2OS/c1-12(2)13-4-3-8-17(9-7-13)15(18)6-5-14-10-16-11-19-14/h10-13H,3-9H2,1-2H3. The van der Waals surface area contributed by atoms with Crippen molar-refractivity contribution in [3.8, 4) is 0 Å². The van der Waals surface area contributed by atoms with Crippen molar-refractivity contribution < 1.29 is 4.79 Å². The molecule has 0 saturated carbocycles. The first-order valence-corrected chi connectivity index (χ1v) is 8.20. The third-order valence-corrected chi connectivity index (χ3v) is 4.98. The summed E-state index contributed by atoms with van der Waals surface area (Å²) in [5, 5.41) is 0. The molecule has 19 heavy (non-hydrogen) atoms. The number of hydrogen-bond donors (Lipinski definition) is 0. The van der Waals surface area contributed by atoms with Crippen molar-refractivity contribution >= 4 is 17.2 Å². The average Bonchev–Trinajstić information content (AvgIpc) is 2.77. The summed E-state index contributed by atoms with van der Waals surface area (Å²) >= 11 is 1.64. The van der Waals surface area contributed by atoms with Gasteiger partial charge in [-0.2, -0.15) is 0 Å². The number of nitrogens with zero attached hydrogens (tertiary/aromatic N) is 2. The van der Waals surface area contributed by atoms with Crippen LogP contribution in [0.2, 0.25) is 0 Å². The van der Waals surface area contributed by atoms with Crippen LogP contribution in [-0.2, 0) is 11.2 Å². The molecule has 0 aliphatic carbocycles. The van der Waals surface area contributed by atoms with Gasteiger partial charge in [-0.1, -0.05) is 13.8 Å². The highest BCUT2D eigenvalue weighted by Crippen LogP contribution is 2.25. The van der Waals surface area contributed by atoms with Gasteiger partial charge < -0.3 is 4.90 Å². The van der Waals surface area contributed by atoms with Gasteiger partial charge in [-0.25, -0.2) is 0 Å². The predicted octanol–water partition coefficient (Wildman–Crippen LogP) is 3.36. The van der Waals surface area contributed by atoms with Gasteiger partial charge in [0, 0.05) is 30.6 Å². The summed E-state index contributed by atoms with van der Waals surface area (Å²) in [5.41, 5.74) is 1.83. The van der Waals surface area contributed by atoms with Crippen LogP contribution in [0.5, 0.6) is 0 Å². The molecule has 1 aromatic rings. The van der Waals surface area contributed by atoms with Crippen LogP contribution in [0, 0.1) is 11.8 Å². The molecule has 1 aliphatic heterocycles.